The smallest absolute Gasteiger partial charge is 0.230 e. The molecule has 0 saturated heterocycles. The number of aromatic nitrogens is 3. The highest BCUT2D eigenvalue weighted by atomic mass is 32.2. The largest absolute Gasteiger partial charge is 0.351 e. The third-order valence-corrected chi connectivity index (χ3v) is 5.70. The first-order valence-electron chi connectivity index (χ1n) is 9.55. The van der Waals surface area contributed by atoms with E-state index in [1.165, 1.54) is 17.3 Å². The molecule has 0 atom stereocenters. The van der Waals surface area contributed by atoms with Gasteiger partial charge in [0.2, 0.25) is 5.91 Å². The van der Waals surface area contributed by atoms with Gasteiger partial charge in [0.25, 0.3) is 0 Å². The fraction of sp³-hybridized carbons (Fsp3) is 0.571. The Morgan fingerprint density at radius 2 is 1.70 bits per heavy atom. The van der Waals surface area contributed by atoms with Gasteiger partial charge in [0, 0.05) is 17.6 Å². The summed E-state index contributed by atoms with van der Waals surface area (Å²) in [5.41, 5.74) is 2.27. The first-order chi connectivity index (χ1) is 12.6. The second kappa shape index (κ2) is 8.46. The van der Waals surface area contributed by atoms with Crippen LogP contribution in [0.4, 0.5) is 0 Å². The molecular weight excluding hydrogens is 356 g/mol. The summed E-state index contributed by atoms with van der Waals surface area (Å²) in [6, 6.07) is 8.50. The molecule has 1 amide bonds. The molecule has 2 aromatic rings. The number of benzene rings is 1. The van der Waals surface area contributed by atoms with Gasteiger partial charge >= 0.3 is 0 Å². The Labute approximate surface area is 167 Å². The zero-order valence-corrected chi connectivity index (χ0v) is 18.4. The molecule has 0 fully saturated rings. The predicted molar refractivity (Wildman–Crippen MR) is 113 cm³/mol. The Morgan fingerprint density at radius 1 is 1.07 bits per heavy atom. The minimum Gasteiger partial charge on any atom is -0.351 e. The van der Waals surface area contributed by atoms with Gasteiger partial charge in [-0.05, 0) is 38.2 Å². The first kappa shape index (κ1) is 21.5. The van der Waals surface area contributed by atoms with Crippen molar-refractivity contribution in [2.24, 2.45) is 0 Å². The second-order valence-corrected chi connectivity index (χ2v) is 9.39. The van der Waals surface area contributed by atoms with Crippen molar-refractivity contribution in [2.45, 2.75) is 77.5 Å². The van der Waals surface area contributed by atoms with Crippen LogP contribution in [0.3, 0.4) is 0 Å². The van der Waals surface area contributed by atoms with Gasteiger partial charge in [-0.25, -0.2) is 0 Å². The van der Waals surface area contributed by atoms with Crippen molar-refractivity contribution in [3.63, 3.8) is 0 Å². The summed E-state index contributed by atoms with van der Waals surface area (Å²) in [4.78, 5) is 12.2. The summed E-state index contributed by atoms with van der Waals surface area (Å²) in [5, 5.41) is 12.5. The second-order valence-electron chi connectivity index (χ2n) is 8.45. The molecule has 0 spiro atoms. The zero-order valence-electron chi connectivity index (χ0n) is 17.6. The highest BCUT2D eigenvalue weighted by Gasteiger charge is 2.20. The molecule has 0 bridgehead atoms. The molecule has 0 unspecified atom stereocenters. The number of hydrogen-bond acceptors (Lipinski definition) is 4. The van der Waals surface area contributed by atoms with Crippen LogP contribution in [0, 0.1) is 0 Å². The van der Waals surface area contributed by atoms with E-state index in [4.69, 9.17) is 0 Å². The molecule has 0 saturated carbocycles. The van der Waals surface area contributed by atoms with E-state index < -0.39 is 0 Å². The van der Waals surface area contributed by atoms with Gasteiger partial charge in [0.15, 0.2) is 11.0 Å². The van der Waals surface area contributed by atoms with Crippen molar-refractivity contribution in [1.82, 2.24) is 20.1 Å². The average molecular weight is 389 g/mol. The molecule has 0 aliphatic heterocycles. The van der Waals surface area contributed by atoms with Crippen molar-refractivity contribution in [3.05, 3.63) is 29.8 Å². The van der Waals surface area contributed by atoms with E-state index in [1.54, 1.807) is 0 Å². The van der Waals surface area contributed by atoms with Gasteiger partial charge in [-0.15, -0.1) is 10.2 Å². The number of carbonyl (C=O) groups excluding carboxylic acids is 1. The van der Waals surface area contributed by atoms with E-state index in [0.717, 1.165) is 29.5 Å². The maximum absolute atomic E-state index is 12.2. The van der Waals surface area contributed by atoms with E-state index in [1.807, 2.05) is 13.8 Å². The minimum absolute atomic E-state index is 0.0218. The summed E-state index contributed by atoms with van der Waals surface area (Å²) < 4.78 is 2.06. The molecule has 0 aliphatic carbocycles. The van der Waals surface area contributed by atoms with Crippen LogP contribution in [0.15, 0.2) is 29.4 Å². The van der Waals surface area contributed by atoms with E-state index in [9.17, 15) is 4.79 Å². The molecule has 2 rings (SSSR count). The molecule has 27 heavy (non-hydrogen) atoms. The number of nitrogens with zero attached hydrogens (tertiary/aromatic N) is 3. The summed E-state index contributed by atoms with van der Waals surface area (Å²) in [5.74, 6) is 1.20. The number of nitrogens with one attached hydrogen (secondary N) is 1. The molecule has 0 aliphatic rings. The molecule has 1 N–H and O–H groups in total. The van der Waals surface area contributed by atoms with Gasteiger partial charge in [0.1, 0.15) is 0 Å². The number of rotatable bonds is 7. The van der Waals surface area contributed by atoms with Gasteiger partial charge < -0.3 is 9.88 Å². The van der Waals surface area contributed by atoms with Crippen LogP contribution in [-0.2, 0) is 16.8 Å². The van der Waals surface area contributed by atoms with Crippen LogP contribution in [-0.4, -0.2) is 32.0 Å². The average Bonchev–Trinajstić information content (AvgIpc) is 3.02. The van der Waals surface area contributed by atoms with Gasteiger partial charge in [0.05, 0.1) is 5.75 Å². The Hall–Kier alpha value is -1.82. The lowest BCUT2D eigenvalue weighted by Gasteiger charge is -2.24. The van der Waals surface area contributed by atoms with Crippen LogP contribution in [0.5, 0.6) is 0 Å². The van der Waals surface area contributed by atoms with Gasteiger partial charge in [-0.1, -0.05) is 63.7 Å². The summed E-state index contributed by atoms with van der Waals surface area (Å²) in [6.07, 6.45) is 0.892. The molecule has 1 aromatic carbocycles. The van der Waals surface area contributed by atoms with Crippen LogP contribution >= 0.6 is 11.8 Å². The molecule has 6 heteroatoms. The van der Waals surface area contributed by atoms with Crippen molar-refractivity contribution in [2.75, 3.05) is 5.75 Å². The standard InChI is InChI=1S/C21H32N4OS/c1-8-21(6,7)22-17(26)14-27-19-24-23-18(25(19)9-2)15-10-12-16(13-11-15)20(3,4)5/h10-13H,8-9,14H2,1-7H3,(H,22,26). The Balaban J connectivity index is 2.14. The molecule has 1 heterocycles. The normalized spacial score (nSPS) is 12.3. The maximum atomic E-state index is 12.2. The van der Waals surface area contributed by atoms with Crippen molar-refractivity contribution >= 4 is 17.7 Å². The quantitative estimate of drug-likeness (QED) is 0.701. The first-order valence-corrected chi connectivity index (χ1v) is 10.5. The third-order valence-electron chi connectivity index (χ3n) is 4.74. The molecule has 0 radical (unpaired) electrons. The van der Waals surface area contributed by atoms with E-state index in [2.05, 4.69) is 79.0 Å². The lowest BCUT2D eigenvalue weighted by molar-refractivity contribution is -0.120. The number of thioether (sulfide) groups is 1. The lowest BCUT2D eigenvalue weighted by Crippen LogP contribution is -2.43. The molecule has 148 valence electrons. The number of hydrogen-bond donors (Lipinski definition) is 1. The van der Waals surface area contributed by atoms with Crippen LogP contribution in [0.2, 0.25) is 0 Å². The van der Waals surface area contributed by atoms with Crippen molar-refractivity contribution in [1.29, 1.82) is 0 Å². The SMILES string of the molecule is CCn1c(SCC(=O)NC(C)(C)CC)nnc1-c1ccc(C(C)(C)C)cc1. The van der Waals surface area contributed by atoms with Crippen molar-refractivity contribution in [3.8, 4) is 11.4 Å². The molecule has 5 nitrogen and oxygen atoms in total. The predicted octanol–water partition coefficient (Wildman–Crippen LogP) is 4.66. The Morgan fingerprint density at radius 3 is 2.22 bits per heavy atom. The van der Waals surface area contributed by atoms with Gasteiger partial charge in [-0.2, -0.15) is 0 Å². The Kier molecular flexibility index (Phi) is 6.73. The lowest BCUT2D eigenvalue weighted by atomic mass is 9.87. The third kappa shape index (κ3) is 5.58. The highest BCUT2D eigenvalue weighted by Crippen LogP contribution is 2.27. The van der Waals surface area contributed by atoms with Crippen LogP contribution in [0.1, 0.15) is 60.5 Å². The summed E-state index contributed by atoms with van der Waals surface area (Å²) in [6.45, 7) is 15.6. The highest BCUT2D eigenvalue weighted by molar-refractivity contribution is 7.99. The monoisotopic (exact) mass is 388 g/mol. The van der Waals surface area contributed by atoms with Crippen LogP contribution < -0.4 is 5.32 Å². The van der Waals surface area contributed by atoms with Crippen LogP contribution in [0.25, 0.3) is 11.4 Å². The van der Waals surface area contributed by atoms with E-state index in [-0.39, 0.29) is 16.9 Å². The summed E-state index contributed by atoms with van der Waals surface area (Å²) in [7, 11) is 0. The van der Waals surface area contributed by atoms with Gasteiger partial charge in [-0.3, -0.25) is 4.79 Å². The fourth-order valence-corrected chi connectivity index (χ4v) is 3.45. The molecular formula is C21H32N4OS. The topological polar surface area (TPSA) is 59.8 Å². The summed E-state index contributed by atoms with van der Waals surface area (Å²) >= 11 is 1.43. The Bertz CT molecular complexity index is 772. The minimum atomic E-state index is -0.184. The fourth-order valence-electron chi connectivity index (χ4n) is 2.65. The van der Waals surface area contributed by atoms with E-state index >= 15 is 0 Å². The maximum Gasteiger partial charge on any atom is 0.230 e. The zero-order chi connectivity index (χ0) is 20.2. The molecule has 1 aromatic heterocycles. The van der Waals surface area contributed by atoms with Crippen molar-refractivity contribution < 1.29 is 4.79 Å². The van der Waals surface area contributed by atoms with E-state index in [0.29, 0.717) is 5.75 Å². The number of amides is 1. The number of carbonyl (C=O) groups is 1.